The highest BCUT2D eigenvalue weighted by molar-refractivity contribution is 6.13. The van der Waals surface area contributed by atoms with Gasteiger partial charge in [0.2, 0.25) is 5.91 Å². The Morgan fingerprint density at radius 1 is 0.830 bits per heavy atom. The summed E-state index contributed by atoms with van der Waals surface area (Å²) >= 11 is 0. The molecule has 248 valence electrons. The number of aromatic nitrogens is 1. The minimum atomic E-state index is -0.301. The summed E-state index contributed by atoms with van der Waals surface area (Å²) in [6, 6.07) is 18.4. The van der Waals surface area contributed by atoms with E-state index in [0.29, 0.717) is 46.8 Å². The average molecular weight is 640 g/mol. The molecule has 1 aromatic heterocycles. The molecule has 3 aromatic carbocycles. The van der Waals surface area contributed by atoms with Crippen LogP contribution in [0, 0.1) is 6.92 Å². The van der Waals surface area contributed by atoms with Crippen LogP contribution in [0.3, 0.4) is 0 Å². The van der Waals surface area contributed by atoms with Crippen LogP contribution in [0.5, 0.6) is 5.75 Å². The molecule has 0 unspecified atom stereocenters. The summed E-state index contributed by atoms with van der Waals surface area (Å²) in [7, 11) is 5.60. The van der Waals surface area contributed by atoms with Crippen LogP contribution < -0.4 is 15.4 Å². The first-order chi connectivity index (χ1) is 22.7. The fraction of sp³-hybridized carbons (Fsp3) is 0.378. The molecule has 0 aliphatic carbocycles. The molecule has 2 N–H and O–H groups in total. The van der Waals surface area contributed by atoms with Crippen LogP contribution in [-0.4, -0.2) is 79.0 Å². The number of carbonyl (C=O) groups excluding carboxylic acids is 3. The monoisotopic (exact) mass is 639 g/mol. The maximum atomic E-state index is 13.4. The fourth-order valence-corrected chi connectivity index (χ4v) is 5.82. The van der Waals surface area contributed by atoms with E-state index < -0.39 is 0 Å². The second kappa shape index (κ2) is 15.8. The number of nitrogens with zero attached hydrogens (tertiary/aromatic N) is 3. The molecule has 0 atom stereocenters. The summed E-state index contributed by atoms with van der Waals surface area (Å²) < 4.78 is 13.5. The number of carbonyl (C=O) groups is 3. The number of amides is 3. The lowest BCUT2D eigenvalue weighted by atomic mass is 10.1. The van der Waals surface area contributed by atoms with Gasteiger partial charge in [0, 0.05) is 86.2 Å². The lowest BCUT2D eigenvalue weighted by Crippen LogP contribution is -2.47. The molecule has 1 saturated heterocycles. The lowest BCUT2D eigenvalue weighted by molar-refractivity contribution is -0.132. The van der Waals surface area contributed by atoms with Crippen molar-refractivity contribution >= 4 is 40.0 Å². The van der Waals surface area contributed by atoms with Crippen molar-refractivity contribution in [2.45, 2.75) is 39.2 Å². The number of nitrogens with one attached hydrogen (secondary N) is 2. The quantitative estimate of drug-likeness (QED) is 0.178. The summed E-state index contributed by atoms with van der Waals surface area (Å²) in [5, 5.41) is 6.86. The summed E-state index contributed by atoms with van der Waals surface area (Å²) in [6.07, 6.45) is 5.01. The van der Waals surface area contributed by atoms with Crippen LogP contribution in [0.2, 0.25) is 0 Å². The number of aryl methyl sites for hydroxylation is 2. The molecule has 5 rings (SSSR count). The fourth-order valence-electron chi connectivity index (χ4n) is 5.82. The lowest BCUT2D eigenvalue weighted by Gasteiger charge is -2.32. The Morgan fingerprint density at radius 2 is 1.60 bits per heavy atom. The Hall–Kier alpha value is -4.67. The molecule has 3 amide bonds. The van der Waals surface area contributed by atoms with Crippen molar-refractivity contribution in [1.29, 1.82) is 0 Å². The van der Waals surface area contributed by atoms with Gasteiger partial charge in [0.1, 0.15) is 5.75 Å². The zero-order chi connectivity index (χ0) is 33.3. The van der Waals surface area contributed by atoms with Crippen LogP contribution in [0.25, 0.3) is 10.9 Å². The molecule has 0 bridgehead atoms. The summed E-state index contributed by atoms with van der Waals surface area (Å²) in [5.74, 6) is 0.296. The highest BCUT2D eigenvalue weighted by Crippen LogP contribution is 2.28. The molecule has 1 aliphatic rings. The van der Waals surface area contributed by atoms with Crippen LogP contribution in [0.15, 0.2) is 66.9 Å². The van der Waals surface area contributed by atoms with Gasteiger partial charge in [-0.25, -0.2) is 0 Å². The van der Waals surface area contributed by atoms with E-state index in [-0.39, 0.29) is 24.3 Å². The van der Waals surface area contributed by atoms with Crippen molar-refractivity contribution in [3.63, 3.8) is 0 Å². The van der Waals surface area contributed by atoms with E-state index in [1.807, 2.05) is 66.0 Å². The van der Waals surface area contributed by atoms with Crippen molar-refractivity contribution in [2.24, 2.45) is 7.05 Å². The van der Waals surface area contributed by atoms with Gasteiger partial charge in [-0.05, 0) is 87.3 Å². The highest BCUT2D eigenvalue weighted by Gasteiger charge is 2.19. The number of unbranched alkanes of at least 4 members (excludes halogenated alkanes) is 2. The summed E-state index contributed by atoms with van der Waals surface area (Å²) in [4.78, 5) is 43.4. The Bertz CT molecular complexity index is 1720. The average Bonchev–Trinajstić information content (AvgIpc) is 3.45. The first-order valence-corrected chi connectivity index (χ1v) is 16.2. The first-order valence-electron chi connectivity index (χ1n) is 16.2. The smallest absolute Gasteiger partial charge is 0.256 e. The third-order valence-electron chi connectivity index (χ3n) is 8.62. The largest absolute Gasteiger partial charge is 0.491 e. The zero-order valence-corrected chi connectivity index (χ0v) is 27.8. The van der Waals surface area contributed by atoms with Crippen molar-refractivity contribution in [1.82, 2.24) is 14.4 Å². The Kier molecular flexibility index (Phi) is 11.3. The van der Waals surface area contributed by atoms with Crippen molar-refractivity contribution in [3.05, 3.63) is 89.1 Å². The molecule has 0 radical (unpaired) electrons. The second-order valence-corrected chi connectivity index (χ2v) is 12.2. The predicted octanol–water partition coefficient (Wildman–Crippen LogP) is 5.85. The second-order valence-electron chi connectivity index (χ2n) is 12.2. The van der Waals surface area contributed by atoms with Gasteiger partial charge in [0.05, 0.1) is 18.9 Å². The number of benzene rings is 3. The van der Waals surface area contributed by atoms with Gasteiger partial charge < -0.3 is 34.5 Å². The normalized spacial score (nSPS) is 13.5. The molecule has 10 heteroatoms. The summed E-state index contributed by atoms with van der Waals surface area (Å²) in [5.41, 5.74) is 4.81. The molecular formula is C37H45N5O5. The first kappa shape index (κ1) is 33.7. The van der Waals surface area contributed by atoms with Gasteiger partial charge in [-0.15, -0.1) is 0 Å². The van der Waals surface area contributed by atoms with Gasteiger partial charge >= 0.3 is 0 Å². The van der Waals surface area contributed by atoms with Gasteiger partial charge in [-0.1, -0.05) is 12.1 Å². The number of likely N-dealkylation sites (N-methyl/N-ethyl adjacent to an activating group) is 1. The standard InChI is InChI=1S/C37H45N5O5/c1-26-12-14-32(34(23-26)47-22-7-5-6-11-35(43)42-20-18-40(2)19-21-42)39-36(44)27-13-15-31(28(24-27)25-46-4)38-37(45)30-9-8-10-33-29(30)16-17-41(33)3/h8-10,12-17,23-24H,5-7,11,18-22,25H2,1-4H3,(H,38,45)(H,39,44). The number of rotatable bonds is 13. The van der Waals surface area contributed by atoms with Crippen LogP contribution in [0.1, 0.15) is 57.5 Å². The van der Waals surface area contributed by atoms with E-state index in [1.54, 1.807) is 31.4 Å². The SMILES string of the molecule is COCc1cc(C(=O)Nc2ccc(C)cc2OCCCCCC(=O)N2CCN(C)CC2)ccc1NC(=O)c1cccc2c1ccn2C. The van der Waals surface area contributed by atoms with Crippen LogP contribution >= 0.6 is 0 Å². The van der Waals surface area contributed by atoms with Gasteiger partial charge in [0.25, 0.3) is 11.8 Å². The van der Waals surface area contributed by atoms with Gasteiger partial charge in [-0.2, -0.15) is 0 Å². The maximum Gasteiger partial charge on any atom is 0.256 e. The zero-order valence-electron chi connectivity index (χ0n) is 27.8. The van der Waals surface area contributed by atoms with Crippen LogP contribution in [-0.2, 0) is 23.2 Å². The van der Waals surface area contributed by atoms with E-state index >= 15 is 0 Å². The Labute approximate surface area is 276 Å². The highest BCUT2D eigenvalue weighted by atomic mass is 16.5. The van der Waals surface area contributed by atoms with E-state index in [4.69, 9.17) is 9.47 Å². The van der Waals surface area contributed by atoms with Crippen molar-refractivity contribution in [2.75, 3.05) is 57.6 Å². The molecule has 1 fully saturated rings. The van der Waals surface area contributed by atoms with Crippen LogP contribution in [0.4, 0.5) is 11.4 Å². The third kappa shape index (κ3) is 8.58. The van der Waals surface area contributed by atoms with E-state index in [1.165, 1.54) is 0 Å². The predicted molar refractivity (Wildman–Crippen MR) is 185 cm³/mol. The van der Waals surface area contributed by atoms with Crippen molar-refractivity contribution < 1.29 is 23.9 Å². The minimum Gasteiger partial charge on any atom is -0.491 e. The molecule has 10 nitrogen and oxygen atoms in total. The number of methoxy groups -OCH3 is 1. The van der Waals surface area contributed by atoms with Crippen molar-refractivity contribution in [3.8, 4) is 5.75 Å². The molecule has 0 spiro atoms. The van der Waals surface area contributed by atoms with Gasteiger partial charge in [0.15, 0.2) is 0 Å². The molecule has 0 saturated carbocycles. The molecule has 1 aliphatic heterocycles. The number of hydrogen-bond donors (Lipinski definition) is 2. The van der Waals surface area contributed by atoms with E-state index in [2.05, 4.69) is 22.6 Å². The molecular weight excluding hydrogens is 594 g/mol. The number of hydrogen-bond acceptors (Lipinski definition) is 6. The third-order valence-corrected chi connectivity index (χ3v) is 8.62. The van der Waals surface area contributed by atoms with E-state index in [9.17, 15) is 14.4 Å². The molecule has 4 aromatic rings. The Balaban J connectivity index is 1.17. The number of piperazine rings is 1. The Morgan fingerprint density at radius 3 is 2.38 bits per heavy atom. The number of fused-ring (bicyclic) bond motifs is 1. The summed E-state index contributed by atoms with van der Waals surface area (Å²) in [6.45, 7) is 6.15. The molecule has 2 heterocycles. The minimum absolute atomic E-state index is 0.214. The molecule has 47 heavy (non-hydrogen) atoms. The van der Waals surface area contributed by atoms with Gasteiger partial charge in [-0.3, -0.25) is 14.4 Å². The number of anilines is 2. The number of ether oxygens (including phenoxy) is 2. The topological polar surface area (TPSA) is 105 Å². The maximum absolute atomic E-state index is 13.4. The van der Waals surface area contributed by atoms with E-state index in [0.717, 1.165) is 61.9 Å².